The Morgan fingerprint density at radius 1 is 0.269 bits per heavy atom. The lowest BCUT2D eigenvalue weighted by Crippen LogP contribution is -2.04. The number of benzene rings is 8. The highest BCUT2D eigenvalue weighted by Crippen LogP contribution is 2.45. The van der Waals surface area contributed by atoms with Gasteiger partial charge in [-0.15, -0.1) is 11.3 Å². The summed E-state index contributed by atoms with van der Waals surface area (Å²) in [5, 5.41) is 10.1. The maximum atomic E-state index is 2.49. The van der Waals surface area contributed by atoms with Crippen LogP contribution >= 0.6 is 11.3 Å². The van der Waals surface area contributed by atoms with E-state index in [-0.39, 0.29) is 0 Å². The molecule has 0 saturated carbocycles. The van der Waals surface area contributed by atoms with Crippen LogP contribution in [0.25, 0.3) is 103 Å². The molecule has 0 saturated heterocycles. The van der Waals surface area contributed by atoms with E-state index in [2.05, 4.69) is 190 Å². The molecule has 4 aromatic heterocycles. The third-order valence-electron chi connectivity index (χ3n) is 11.0. The fourth-order valence-electron chi connectivity index (χ4n) is 8.84. The summed E-state index contributed by atoms with van der Waals surface area (Å²) in [6, 6.07) is 64.8. The summed E-state index contributed by atoms with van der Waals surface area (Å²) < 4.78 is 10.1. The molecule has 4 heteroatoms. The molecule has 3 nitrogen and oxygen atoms in total. The Kier molecular flexibility index (Phi) is 5.65. The largest absolute Gasteiger partial charge is 0.309 e. The first-order chi connectivity index (χ1) is 25.8. The first-order valence-corrected chi connectivity index (χ1v) is 18.6. The van der Waals surface area contributed by atoms with Gasteiger partial charge in [0, 0.05) is 58.2 Å². The van der Waals surface area contributed by atoms with E-state index in [1.54, 1.807) is 0 Å². The van der Waals surface area contributed by atoms with E-state index < -0.39 is 0 Å². The van der Waals surface area contributed by atoms with Crippen molar-refractivity contribution in [3.05, 3.63) is 176 Å². The standard InChI is InChI=1S/C48H29N3S/c1-2-14-30(15-3-1)49-43-28-46(51-41-23-11-6-18-33(41)34-19-7-12-24-42(34)51)45(50-39-21-9-4-16-31(39)32-17-5-10-22-40(32)50)27-37(43)36-26-38-35-20-8-13-25-47(35)52-48(38)29-44(36)49/h1-29H. The molecule has 52 heavy (non-hydrogen) atoms. The number of hydrogen-bond acceptors (Lipinski definition) is 1. The van der Waals surface area contributed by atoms with Gasteiger partial charge in [0.25, 0.3) is 0 Å². The van der Waals surface area contributed by atoms with Gasteiger partial charge < -0.3 is 13.7 Å². The van der Waals surface area contributed by atoms with Crippen LogP contribution < -0.4 is 0 Å². The molecule has 0 radical (unpaired) electrons. The molecule has 242 valence electrons. The number of aromatic nitrogens is 3. The van der Waals surface area contributed by atoms with E-state index in [1.165, 1.54) is 85.6 Å². The maximum Gasteiger partial charge on any atom is 0.0724 e. The molecule has 0 aliphatic rings. The number of para-hydroxylation sites is 5. The first-order valence-electron chi connectivity index (χ1n) is 17.8. The summed E-state index contributed by atoms with van der Waals surface area (Å²) in [5.74, 6) is 0. The molecule has 0 atom stereocenters. The lowest BCUT2D eigenvalue weighted by atomic mass is 10.1. The maximum absolute atomic E-state index is 2.49. The van der Waals surface area contributed by atoms with Gasteiger partial charge in [0.15, 0.2) is 0 Å². The van der Waals surface area contributed by atoms with Gasteiger partial charge in [-0.3, -0.25) is 0 Å². The second-order valence-electron chi connectivity index (χ2n) is 13.7. The van der Waals surface area contributed by atoms with E-state index >= 15 is 0 Å². The molecular weight excluding hydrogens is 651 g/mol. The Morgan fingerprint density at radius 3 is 1.29 bits per heavy atom. The fourth-order valence-corrected chi connectivity index (χ4v) is 9.96. The predicted octanol–water partition coefficient (Wildman–Crippen LogP) is 13.3. The SMILES string of the molecule is c1ccc(-n2c3cc(-n4c5ccccc5c5ccccc54)c(-n4c5ccccc5c5ccccc54)cc3c3cc4c(cc32)sc2ccccc24)cc1. The molecule has 0 aliphatic heterocycles. The van der Waals surface area contributed by atoms with Gasteiger partial charge in [0.2, 0.25) is 0 Å². The van der Waals surface area contributed by atoms with Crippen LogP contribution in [0.5, 0.6) is 0 Å². The predicted molar refractivity (Wildman–Crippen MR) is 222 cm³/mol. The zero-order chi connectivity index (χ0) is 33.9. The van der Waals surface area contributed by atoms with E-state index in [0.717, 1.165) is 17.1 Å². The average molecular weight is 680 g/mol. The highest BCUT2D eigenvalue weighted by Gasteiger charge is 2.23. The first kappa shape index (κ1) is 28.1. The second kappa shape index (κ2) is 10.5. The number of thiophene rings is 1. The topological polar surface area (TPSA) is 14.8 Å². The Morgan fingerprint density at radius 2 is 0.712 bits per heavy atom. The van der Waals surface area contributed by atoms with Crippen molar-refractivity contribution in [2.24, 2.45) is 0 Å². The lowest BCUT2D eigenvalue weighted by molar-refractivity contribution is 1.09. The van der Waals surface area contributed by atoms with Crippen molar-refractivity contribution < 1.29 is 0 Å². The molecule has 0 aliphatic carbocycles. The third kappa shape index (κ3) is 3.74. The van der Waals surface area contributed by atoms with Gasteiger partial charge in [0.05, 0.1) is 44.5 Å². The monoisotopic (exact) mass is 679 g/mol. The molecule has 0 bridgehead atoms. The zero-order valence-corrected chi connectivity index (χ0v) is 28.8. The number of hydrogen-bond donors (Lipinski definition) is 0. The molecule has 12 aromatic rings. The van der Waals surface area contributed by atoms with Crippen LogP contribution in [0.1, 0.15) is 0 Å². The van der Waals surface area contributed by atoms with Gasteiger partial charge in [-0.2, -0.15) is 0 Å². The van der Waals surface area contributed by atoms with Crippen LogP contribution in [0.2, 0.25) is 0 Å². The second-order valence-corrected chi connectivity index (χ2v) is 14.8. The minimum atomic E-state index is 1.14. The zero-order valence-electron chi connectivity index (χ0n) is 28.0. The minimum Gasteiger partial charge on any atom is -0.309 e. The average Bonchev–Trinajstić information content (AvgIpc) is 3.93. The molecule has 8 aromatic carbocycles. The van der Waals surface area contributed by atoms with E-state index in [0.29, 0.717) is 0 Å². The molecule has 0 spiro atoms. The third-order valence-corrected chi connectivity index (χ3v) is 12.1. The molecule has 0 N–H and O–H groups in total. The Hall–Kier alpha value is -6.62. The quantitative estimate of drug-likeness (QED) is 0.177. The molecule has 0 fully saturated rings. The van der Waals surface area contributed by atoms with Crippen molar-refractivity contribution >= 4 is 96.9 Å². The molecular formula is C48H29N3S. The van der Waals surface area contributed by atoms with Crippen LogP contribution in [-0.2, 0) is 0 Å². The Bertz CT molecular complexity index is 3300. The van der Waals surface area contributed by atoms with E-state index in [1.807, 2.05) is 11.3 Å². The highest BCUT2D eigenvalue weighted by molar-refractivity contribution is 7.25. The van der Waals surface area contributed by atoms with Crippen molar-refractivity contribution in [1.82, 2.24) is 13.7 Å². The number of rotatable bonds is 3. The fraction of sp³-hybridized carbons (Fsp3) is 0. The van der Waals surface area contributed by atoms with E-state index in [9.17, 15) is 0 Å². The van der Waals surface area contributed by atoms with Crippen molar-refractivity contribution in [2.45, 2.75) is 0 Å². The molecule has 4 heterocycles. The summed E-state index contributed by atoms with van der Waals surface area (Å²) in [6.45, 7) is 0. The number of nitrogens with zero attached hydrogens (tertiary/aromatic N) is 3. The van der Waals surface area contributed by atoms with Crippen molar-refractivity contribution in [3.8, 4) is 17.1 Å². The summed E-state index contributed by atoms with van der Waals surface area (Å²) in [5.41, 5.74) is 10.6. The van der Waals surface area contributed by atoms with E-state index in [4.69, 9.17) is 0 Å². The van der Waals surface area contributed by atoms with Crippen LogP contribution in [0, 0.1) is 0 Å². The molecule has 0 unspecified atom stereocenters. The summed E-state index contributed by atoms with van der Waals surface area (Å²) >= 11 is 1.88. The Labute approximate surface area is 302 Å². The van der Waals surface area contributed by atoms with Crippen molar-refractivity contribution in [2.75, 3.05) is 0 Å². The van der Waals surface area contributed by atoms with Gasteiger partial charge in [-0.25, -0.2) is 0 Å². The summed E-state index contributed by atoms with van der Waals surface area (Å²) in [4.78, 5) is 0. The van der Waals surface area contributed by atoms with Gasteiger partial charge in [-0.05, 0) is 66.7 Å². The molecule has 12 rings (SSSR count). The summed E-state index contributed by atoms with van der Waals surface area (Å²) in [6.07, 6.45) is 0. The van der Waals surface area contributed by atoms with Crippen LogP contribution in [0.4, 0.5) is 0 Å². The summed E-state index contributed by atoms with van der Waals surface area (Å²) in [7, 11) is 0. The van der Waals surface area contributed by atoms with Gasteiger partial charge in [0.1, 0.15) is 0 Å². The van der Waals surface area contributed by atoms with Gasteiger partial charge in [-0.1, -0.05) is 109 Å². The van der Waals surface area contributed by atoms with Gasteiger partial charge >= 0.3 is 0 Å². The van der Waals surface area contributed by atoms with Crippen molar-refractivity contribution in [3.63, 3.8) is 0 Å². The smallest absolute Gasteiger partial charge is 0.0724 e. The van der Waals surface area contributed by atoms with Crippen molar-refractivity contribution in [1.29, 1.82) is 0 Å². The normalized spacial score (nSPS) is 12.2. The Balaban J connectivity index is 1.33. The highest BCUT2D eigenvalue weighted by atomic mass is 32.1. The van der Waals surface area contributed by atoms with Crippen LogP contribution in [-0.4, -0.2) is 13.7 Å². The van der Waals surface area contributed by atoms with Crippen LogP contribution in [0.3, 0.4) is 0 Å². The molecule has 0 amide bonds. The minimum absolute atomic E-state index is 1.14. The van der Waals surface area contributed by atoms with Crippen LogP contribution in [0.15, 0.2) is 176 Å². The number of fused-ring (bicyclic) bond motifs is 12. The lowest BCUT2D eigenvalue weighted by Gasteiger charge is -2.18.